The minimum absolute atomic E-state index is 0.158. The van der Waals surface area contributed by atoms with Crippen molar-refractivity contribution in [1.29, 1.82) is 0 Å². The van der Waals surface area contributed by atoms with Crippen LogP contribution in [-0.4, -0.2) is 24.6 Å². The molecule has 0 saturated heterocycles. The third kappa shape index (κ3) is 2.27. The van der Waals surface area contributed by atoms with Crippen molar-refractivity contribution in [2.75, 3.05) is 13.4 Å². The summed E-state index contributed by atoms with van der Waals surface area (Å²) >= 11 is 1.87. The van der Waals surface area contributed by atoms with Crippen molar-refractivity contribution in [2.45, 2.75) is 24.5 Å². The number of hydrogen-bond acceptors (Lipinski definition) is 3. The van der Waals surface area contributed by atoms with E-state index >= 15 is 0 Å². The molecule has 0 N–H and O–H groups in total. The van der Waals surface area contributed by atoms with E-state index in [1.54, 1.807) is 0 Å². The second-order valence-corrected chi connectivity index (χ2v) is 3.99. The summed E-state index contributed by atoms with van der Waals surface area (Å²) in [5.74, 6) is -0.158. The van der Waals surface area contributed by atoms with Crippen LogP contribution < -0.4 is 0 Å². The van der Waals surface area contributed by atoms with Crippen LogP contribution in [-0.2, 0) is 9.53 Å². The van der Waals surface area contributed by atoms with Gasteiger partial charge in [0, 0.05) is 10.8 Å². The number of methoxy groups -OCH3 is 1. The zero-order valence-electron chi connectivity index (χ0n) is 7.50. The minimum Gasteiger partial charge on any atom is -0.466 e. The summed E-state index contributed by atoms with van der Waals surface area (Å²) in [4.78, 5) is 11.1. The number of allylic oxidation sites excluding steroid dienone is 1. The van der Waals surface area contributed by atoms with Crippen LogP contribution in [0, 0.1) is 0 Å². The predicted octanol–water partition coefficient (Wildman–Crippen LogP) is 2.00. The standard InChI is InChI=1S/C9H14O2S/c1-11-9(10)7-3-5-8(12-2)6-4-7/h3,8H,4-6H2,1-2H3. The van der Waals surface area contributed by atoms with Crippen molar-refractivity contribution >= 4 is 17.7 Å². The van der Waals surface area contributed by atoms with Gasteiger partial charge in [-0.05, 0) is 25.5 Å². The van der Waals surface area contributed by atoms with E-state index in [2.05, 4.69) is 11.0 Å². The van der Waals surface area contributed by atoms with Crippen LogP contribution in [0.25, 0.3) is 0 Å². The lowest BCUT2D eigenvalue weighted by Crippen LogP contribution is -2.13. The van der Waals surface area contributed by atoms with E-state index in [0.717, 1.165) is 24.8 Å². The van der Waals surface area contributed by atoms with E-state index in [0.29, 0.717) is 5.25 Å². The molecule has 0 heterocycles. The molecule has 1 aliphatic carbocycles. The molecule has 68 valence electrons. The molecule has 0 aromatic carbocycles. The molecular weight excluding hydrogens is 172 g/mol. The SMILES string of the molecule is COC(=O)C1=CCC(SC)CC1. The molecule has 0 spiro atoms. The summed E-state index contributed by atoms with van der Waals surface area (Å²) in [5, 5.41) is 0.693. The first kappa shape index (κ1) is 9.65. The van der Waals surface area contributed by atoms with Gasteiger partial charge in [0.05, 0.1) is 7.11 Å². The number of hydrogen-bond donors (Lipinski definition) is 0. The Morgan fingerprint density at radius 1 is 1.75 bits per heavy atom. The van der Waals surface area contributed by atoms with Crippen LogP contribution in [0.4, 0.5) is 0 Å². The number of thioether (sulfide) groups is 1. The highest BCUT2D eigenvalue weighted by molar-refractivity contribution is 7.99. The van der Waals surface area contributed by atoms with E-state index in [1.165, 1.54) is 7.11 Å². The normalized spacial score (nSPS) is 23.2. The Kier molecular flexibility index (Phi) is 3.66. The fraction of sp³-hybridized carbons (Fsp3) is 0.667. The quantitative estimate of drug-likeness (QED) is 0.617. The summed E-state index contributed by atoms with van der Waals surface area (Å²) in [7, 11) is 1.43. The second-order valence-electron chi connectivity index (χ2n) is 2.85. The average Bonchev–Trinajstić information content (AvgIpc) is 2.17. The van der Waals surface area contributed by atoms with Gasteiger partial charge >= 0.3 is 5.97 Å². The van der Waals surface area contributed by atoms with Gasteiger partial charge in [0.1, 0.15) is 0 Å². The highest BCUT2D eigenvalue weighted by atomic mass is 32.2. The van der Waals surface area contributed by atoms with E-state index in [-0.39, 0.29) is 5.97 Å². The highest BCUT2D eigenvalue weighted by Gasteiger charge is 2.17. The van der Waals surface area contributed by atoms with Gasteiger partial charge < -0.3 is 4.74 Å². The van der Waals surface area contributed by atoms with Crippen molar-refractivity contribution in [3.8, 4) is 0 Å². The van der Waals surface area contributed by atoms with Crippen LogP contribution in [0.5, 0.6) is 0 Å². The molecule has 0 fully saturated rings. The van der Waals surface area contributed by atoms with Crippen molar-refractivity contribution in [3.63, 3.8) is 0 Å². The minimum atomic E-state index is -0.158. The average molecular weight is 186 g/mol. The second kappa shape index (κ2) is 4.55. The van der Waals surface area contributed by atoms with E-state index in [4.69, 9.17) is 0 Å². The molecule has 1 unspecified atom stereocenters. The largest absolute Gasteiger partial charge is 0.466 e. The highest BCUT2D eigenvalue weighted by Crippen LogP contribution is 2.26. The Labute approximate surface area is 77.4 Å². The van der Waals surface area contributed by atoms with Gasteiger partial charge in [-0.3, -0.25) is 0 Å². The zero-order chi connectivity index (χ0) is 8.97. The maximum Gasteiger partial charge on any atom is 0.333 e. The third-order valence-electron chi connectivity index (χ3n) is 2.14. The van der Waals surface area contributed by atoms with Gasteiger partial charge in [0.25, 0.3) is 0 Å². The van der Waals surface area contributed by atoms with Crippen LogP contribution in [0.15, 0.2) is 11.6 Å². The molecule has 0 aromatic rings. The molecule has 0 radical (unpaired) electrons. The Morgan fingerprint density at radius 3 is 2.92 bits per heavy atom. The number of esters is 1. The van der Waals surface area contributed by atoms with E-state index in [9.17, 15) is 4.79 Å². The summed E-state index contributed by atoms with van der Waals surface area (Å²) < 4.78 is 4.64. The Balaban J connectivity index is 2.49. The fourth-order valence-corrected chi connectivity index (χ4v) is 1.98. The predicted molar refractivity (Wildman–Crippen MR) is 51.3 cm³/mol. The number of carbonyl (C=O) groups is 1. The van der Waals surface area contributed by atoms with Crippen LogP contribution in [0.2, 0.25) is 0 Å². The lowest BCUT2D eigenvalue weighted by molar-refractivity contribution is -0.136. The molecular formula is C9H14O2S. The topological polar surface area (TPSA) is 26.3 Å². The monoisotopic (exact) mass is 186 g/mol. The zero-order valence-corrected chi connectivity index (χ0v) is 8.32. The maximum atomic E-state index is 11.1. The molecule has 0 amide bonds. The van der Waals surface area contributed by atoms with Gasteiger partial charge in [0.15, 0.2) is 0 Å². The van der Waals surface area contributed by atoms with Gasteiger partial charge in [-0.25, -0.2) is 4.79 Å². The lowest BCUT2D eigenvalue weighted by atomic mass is 9.99. The Bertz CT molecular complexity index is 199. The van der Waals surface area contributed by atoms with E-state index in [1.807, 2.05) is 17.8 Å². The molecule has 0 aromatic heterocycles. The molecule has 12 heavy (non-hydrogen) atoms. The molecule has 1 rings (SSSR count). The van der Waals surface area contributed by atoms with Crippen LogP contribution >= 0.6 is 11.8 Å². The molecule has 0 aliphatic heterocycles. The van der Waals surface area contributed by atoms with Crippen LogP contribution in [0.3, 0.4) is 0 Å². The third-order valence-corrected chi connectivity index (χ3v) is 3.24. The number of ether oxygens (including phenoxy) is 1. The molecule has 3 heteroatoms. The number of rotatable bonds is 2. The molecule has 1 aliphatic rings. The summed E-state index contributed by atoms with van der Waals surface area (Å²) in [6, 6.07) is 0. The summed E-state index contributed by atoms with van der Waals surface area (Å²) in [5.41, 5.74) is 0.850. The first-order chi connectivity index (χ1) is 5.77. The van der Waals surface area contributed by atoms with Gasteiger partial charge in [0.2, 0.25) is 0 Å². The maximum absolute atomic E-state index is 11.1. The Morgan fingerprint density at radius 2 is 2.50 bits per heavy atom. The molecule has 2 nitrogen and oxygen atoms in total. The fourth-order valence-electron chi connectivity index (χ4n) is 1.34. The lowest BCUT2D eigenvalue weighted by Gasteiger charge is -2.18. The van der Waals surface area contributed by atoms with Crippen molar-refractivity contribution < 1.29 is 9.53 Å². The van der Waals surface area contributed by atoms with Gasteiger partial charge in [-0.2, -0.15) is 11.8 Å². The van der Waals surface area contributed by atoms with Crippen molar-refractivity contribution in [1.82, 2.24) is 0 Å². The molecule has 0 bridgehead atoms. The van der Waals surface area contributed by atoms with E-state index < -0.39 is 0 Å². The van der Waals surface area contributed by atoms with Gasteiger partial charge in [-0.1, -0.05) is 6.08 Å². The first-order valence-electron chi connectivity index (χ1n) is 4.08. The summed E-state index contributed by atoms with van der Waals surface area (Å²) in [6.45, 7) is 0. The Hall–Kier alpha value is -0.440. The molecule has 1 atom stereocenters. The van der Waals surface area contributed by atoms with Gasteiger partial charge in [-0.15, -0.1) is 0 Å². The number of carbonyl (C=O) groups excluding carboxylic acids is 1. The first-order valence-corrected chi connectivity index (χ1v) is 5.37. The summed E-state index contributed by atoms with van der Waals surface area (Å²) in [6.07, 6.45) is 7.10. The van der Waals surface area contributed by atoms with Crippen molar-refractivity contribution in [3.05, 3.63) is 11.6 Å². The van der Waals surface area contributed by atoms with Crippen LogP contribution in [0.1, 0.15) is 19.3 Å². The molecule has 0 saturated carbocycles. The van der Waals surface area contributed by atoms with Crippen molar-refractivity contribution in [2.24, 2.45) is 0 Å². The smallest absolute Gasteiger partial charge is 0.333 e.